The Morgan fingerprint density at radius 3 is 2.37 bits per heavy atom. The van der Waals surface area contributed by atoms with Crippen molar-refractivity contribution < 1.29 is 9.47 Å². The molecule has 0 aliphatic rings. The van der Waals surface area contributed by atoms with Crippen LogP contribution in [0.1, 0.15) is 5.69 Å². The average Bonchev–Trinajstić information content (AvgIpc) is 3.35. The molecule has 0 saturated carbocycles. The summed E-state index contributed by atoms with van der Waals surface area (Å²) in [5.41, 5.74) is 6.12. The summed E-state index contributed by atoms with van der Waals surface area (Å²) in [6.07, 6.45) is 11.4. The van der Waals surface area contributed by atoms with Gasteiger partial charge in [0, 0.05) is 79.9 Å². The smallest absolute Gasteiger partial charge is 0.124 e. The van der Waals surface area contributed by atoms with Gasteiger partial charge in [0.2, 0.25) is 0 Å². The van der Waals surface area contributed by atoms with E-state index in [0.717, 1.165) is 39.4 Å². The summed E-state index contributed by atoms with van der Waals surface area (Å²) in [6.45, 7) is 0.663. The highest BCUT2D eigenvalue weighted by Gasteiger charge is 2.15. The lowest BCUT2D eigenvalue weighted by Gasteiger charge is -2.26. The van der Waals surface area contributed by atoms with E-state index in [1.165, 1.54) is 0 Å². The van der Waals surface area contributed by atoms with E-state index in [9.17, 15) is 0 Å². The van der Waals surface area contributed by atoms with Crippen molar-refractivity contribution in [1.82, 2.24) is 29.7 Å². The maximum Gasteiger partial charge on any atom is 0.124 e. The maximum atomic E-state index is 5.52. The van der Waals surface area contributed by atoms with Crippen LogP contribution in [0.5, 0.6) is 11.5 Å². The Balaban J connectivity index is 1.57. The van der Waals surface area contributed by atoms with Gasteiger partial charge in [-0.3, -0.25) is 19.6 Å². The predicted octanol–water partition coefficient (Wildman–Crippen LogP) is 4.22. The minimum absolute atomic E-state index is 0.663. The number of fused-ring (bicyclic) bond motifs is 1. The van der Waals surface area contributed by atoms with Gasteiger partial charge in [-0.05, 0) is 18.2 Å². The number of aromatic nitrogens is 6. The second-order valence-corrected chi connectivity index (χ2v) is 8.00. The maximum absolute atomic E-state index is 5.52. The number of hydrogen-bond acceptors (Lipinski definition) is 8. The highest BCUT2D eigenvalue weighted by molar-refractivity contribution is 5.82. The molecule has 0 spiro atoms. The number of anilines is 2. The number of rotatable bonds is 8. The van der Waals surface area contributed by atoms with Gasteiger partial charge in [-0.25, -0.2) is 4.98 Å². The third kappa shape index (κ3) is 4.89. The van der Waals surface area contributed by atoms with Gasteiger partial charge in [-0.15, -0.1) is 0 Å². The molecule has 0 amide bonds. The van der Waals surface area contributed by atoms with Gasteiger partial charge in [0.05, 0.1) is 49.0 Å². The van der Waals surface area contributed by atoms with Crippen molar-refractivity contribution >= 4 is 22.4 Å². The van der Waals surface area contributed by atoms with Gasteiger partial charge in [-0.2, -0.15) is 5.10 Å². The Kier molecular flexibility index (Phi) is 6.21. The van der Waals surface area contributed by atoms with Gasteiger partial charge in [-0.1, -0.05) is 0 Å². The lowest BCUT2D eigenvalue weighted by molar-refractivity contribution is 0.394. The van der Waals surface area contributed by atoms with E-state index < -0.39 is 0 Å². The molecule has 5 rings (SSSR count). The second kappa shape index (κ2) is 9.76. The molecule has 0 atom stereocenters. The summed E-state index contributed by atoms with van der Waals surface area (Å²) in [5.74, 6) is 1.42. The Labute approximate surface area is 203 Å². The summed E-state index contributed by atoms with van der Waals surface area (Å²) in [6, 6.07) is 11.9. The minimum atomic E-state index is 0.663. The summed E-state index contributed by atoms with van der Waals surface area (Å²) in [7, 11) is 5.18. The molecular formula is C26H25N7O2. The van der Waals surface area contributed by atoms with Crippen molar-refractivity contribution in [3.63, 3.8) is 0 Å². The van der Waals surface area contributed by atoms with Crippen LogP contribution in [0.4, 0.5) is 11.4 Å². The molecule has 35 heavy (non-hydrogen) atoms. The van der Waals surface area contributed by atoms with Crippen LogP contribution < -0.4 is 14.4 Å². The first-order chi connectivity index (χ1) is 17.1. The fourth-order valence-electron chi connectivity index (χ4n) is 3.90. The quantitative estimate of drug-likeness (QED) is 0.335. The molecule has 0 unspecified atom stereocenters. The first kappa shape index (κ1) is 22.3. The van der Waals surface area contributed by atoms with Gasteiger partial charge in [0.1, 0.15) is 11.5 Å². The normalized spacial score (nSPS) is 10.9. The standard InChI is InChI=1S/C26H25N7O2/c1-32-17-18(14-30-32)26-16-29-24-5-4-20(12-25(24)31-26)33(9-6-19-15-27-7-8-28-19)21-10-22(34-2)13-23(11-21)35-3/h4-5,7-8,10-17H,6,9H2,1-3H3. The fraction of sp³-hybridized carbons (Fsp3) is 0.192. The van der Waals surface area contributed by atoms with Crippen LogP contribution in [0.2, 0.25) is 0 Å². The molecule has 3 heterocycles. The van der Waals surface area contributed by atoms with E-state index in [1.807, 2.05) is 49.6 Å². The average molecular weight is 468 g/mol. The van der Waals surface area contributed by atoms with Crippen LogP contribution in [0.3, 0.4) is 0 Å². The number of methoxy groups -OCH3 is 2. The van der Waals surface area contributed by atoms with Crippen LogP contribution in [-0.4, -0.2) is 50.5 Å². The highest BCUT2D eigenvalue weighted by Crippen LogP contribution is 2.34. The summed E-state index contributed by atoms with van der Waals surface area (Å²) >= 11 is 0. The van der Waals surface area contributed by atoms with E-state index in [0.29, 0.717) is 24.5 Å². The monoisotopic (exact) mass is 467 g/mol. The fourth-order valence-corrected chi connectivity index (χ4v) is 3.90. The SMILES string of the molecule is COc1cc(OC)cc(N(CCc2cnccn2)c2ccc3ncc(-c4cnn(C)c4)nc3c2)c1. The summed E-state index contributed by atoms with van der Waals surface area (Å²) < 4.78 is 12.8. The predicted molar refractivity (Wildman–Crippen MR) is 134 cm³/mol. The molecule has 0 N–H and O–H groups in total. The first-order valence-corrected chi connectivity index (χ1v) is 11.1. The number of aryl methyl sites for hydroxylation is 1. The van der Waals surface area contributed by atoms with Crippen molar-refractivity contribution in [3.8, 4) is 22.8 Å². The van der Waals surface area contributed by atoms with Gasteiger partial charge in [0.15, 0.2) is 0 Å². The Morgan fingerprint density at radius 2 is 1.69 bits per heavy atom. The number of hydrogen-bond donors (Lipinski definition) is 0. The molecule has 0 fully saturated rings. The van der Waals surface area contributed by atoms with Gasteiger partial charge >= 0.3 is 0 Å². The largest absolute Gasteiger partial charge is 0.497 e. The Hall–Kier alpha value is -4.53. The highest BCUT2D eigenvalue weighted by atomic mass is 16.5. The molecule has 9 heteroatoms. The number of benzene rings is 2. The molecule has 0 aliphatic heterocycles. The Morgan fingerprint density at radius 1 is 0.857 bits per heavy atom. The van der Waals surface area contributed by atoms with Crippen molar-refractivity contribution in [3.05, 3.63) is 79.3 Å². The minimum Gasteiger partial charge on any atom is -0.497 e. The molecule has 3 aromatic heterocycles. The topological polar surface area (TPSA) is 91.1 Å². The van der Waals surface area contributed by atoms with Gasteiger partial charge < -0.3 is 14.4 Å². The zero-order valence-electron chi connectivity index (χ0n) is 19.8. The zero-order chi connectivity index (χ0) is 24.2. The molecule has 176 valence electrons. The lowest BCUT2D eigenvalue weighted by Crippen LogP contribution is -2.21. The molecule has 0 bridgehead atoms. The van der Waals surface area contributed by atoms with E-state index >= 15 is 0 Å². The van der Waals surface area contributed by atoms with Crippen LogP contribution in [-0.2, 0) is 13.5 Å². The van der Waals surface area contributed by atoms with Gasteiger partial charge in [0.25, 0.3) is 0 Å². The van der Waals surface area contributed by atoms with Crippen molar-refractivity contribution in [1.29, 1.82) is 0 Å². The van der Waals surface area contributed by atoms with Crippen LogP contribution in [0, 0.1) is 0 Å². The third-order valence-corrected chi connectivity index (χ3v) is 5.69. The molecular weight excluding hydrogens is 442 g/mol. The number of ether oxygens (including phenoxy) is 2. The van der Waals surface area contributed by atoms with Crippen molar-refractivity contribution in [2.45, 2.75) is 6.42 Å². The Bertz CT molecular complexity index is 1430. The lowest BCUT2D eigenvalue weighted by atomic mass is 10.1. The first-order valence-electron chi connectivity index (χ1n) is 11.1. The second-order valence-electron chi connectivity index (χ2n) is 8.00. The molecule has 2 aromatic carbocycles. The van der Waals surface area contributed by atoms with Crippen molar-refractivity contribution in [2.24, 2.45) is 7.05 Å². The summed E-state index contributed by atoms with van der Waals surface area (Å²) in [5, 5.41) is 4.25. The van der Waals surface area contributed by atoms with Crippen LogP contribution in [0.15, 0.2) is 73.6 Å². The van der Waals surface area contributed by atoms with E-state index in [1.54, 1.807) is 49.9 Å². The van der Waals surface area contributed by atoms with E-state index in [-0.39, 0.29) is 0 Å². The molecule has 9 nitrogen and oxygen atoms in total. The van der Waals surface area contributed by atoms with Crippen LogP contribution in [0.25, 0.3) is 22.3 Å². The number of nitrogens with zero attached hydrogens (tertiary/aromatic N) is 7. The molecule has 5 aromatic rings. The van der Waals surface area contributed by atoms with E-state index in [4.69, 9.17) is 14.5 Å². The third-order valence-electron chi connectivity index (χ3n) is 5.69. The molecule has 0 saturated heterocycles. The molecule has 0 radical (unpaired) electrons. The summed E-state index contributed by atoms with van der Waals surface area (Å²) in [4.78, 5) is 20.3. The molecule has 0 aliphatic carbocycles. The van der Waals surface area contributed by atoms with Crippen LogP contribution >= 0.6 is 0 Å². The van der Waals surface area contributed by atoms with E-state index in [2.05, 4.69) is 25.0 Å². The van der Waals surface area contributed by atoms with Crippen molar-refractivity contribution in [2.75, 3.05) is 25.7 Å². The zero-order valence-corrected chi connectivity index (χ0v) is 19.8.